The van der Waals surface area contributed by atoms with E-state index in [1.807, 2.05) is 85.8 Å². The summed E-state index contributed by atoms with van der Waals surface area (Å²) >= 11 is 0. The predicted molar refractivity (Wildman–Crippen MR) is 189 cm³/mol. The van der Waals surface area contributed by atoms with Crippen molar-refractivity contribution in [2.75, 3.05) is 10.8 Å². The second-order valence-electron chi connectivity index (χ2n) is 11.9. The van der Waals surface area contributed by atoms with E-state index < -0.39 is 16.2 Å². The van der Waals surface area contributed by atoms with Crippen molar-refractivity contribution in [3.63, 3.8) is 0 Å². The smallest absolute Gasteiger partial charge is 0.449 e. The molecule has 8 nitrogen and oxygen atoms in total. The van der Waals surface area contributed by atoms with Crippen molar-refractivity contribution in [1.29, 1.82) is 0 Å². The number of unbranched alkanes of at least 4 members (excludes halogenated alkanes) is 3. The maximum Gasteiger partial charge on any atom is 0.511 e. The van der Waals surface area contributed by atoms with E-state index in [9.17, 15) is 18.3 Å². The summed E-state index contributed by atoms with van der Waals surface area (Å²) in [6.07, 6.45) is 4.19. The number of aromatic nitrogens is 2. The van der Waals surface area contributed by atoms with Crippen molar-refractivity contribution in [2.45, 2.75) is 71.6 Å². The predicted octanol–water partition coefficient (Wildman–Crippen LogP) is 8.99. The molecule has 0 amide bonds. The van der Waals surface area contributed by atoms with Crippen LogP contribution in [0.2, 0.25) is 0 Å². The Bertz CT molecular complexity index is 1920. The quantitative estimate of drug-likeness (QED) is 0.0688. The number of hydrogen-bond donors (Lipinski definition) is 1. The second-order valence-corrected chi connectivity index (χ2v) is 13.8. The van der Waals surface area contributed by atoms with E-state index in [2.05, 4.69) is 18.4 Å². The Morgan fingerprint density at radius 1 is 0.872 bits per heavy atom. The number of imidazole rings is 1. The Labute approximate surface area is 277 Å². The number of para-hydroxylation sites is 1. The van der Waals surface area contributed by atoms with Gasteiger partial charge in [-0.3, -0.25) is 4.31 Å². The number of hydrogen-bond acceptors (Lipinski definition) is 5. The molecule has 246 valence electrons. The number of fused-ring (bicyclic) bond motifs is 1. The average Bonchev–Trinajstić information content (AvgIpc) is 3.40. The summed E-state index contributed by atoms with van der Waals surface area (Å²) in [4.78, 5) is 16.3. The first kappa shape index (κ1) is 33.7. The van der Waals surface area contributed by atoms with Gasteiger partial charge in [0.25, 0.3) is 0 Å². The van der Waals surface area contributed by atoms with Crippen LogP contribution in [0.3, 0.4) is 0 Å². The Hall–Kier alpha value is -4.63. The molecule has 0 fully saturated rings. The van der Waals surface area contributed by atoms with E-state index in [1.54, 1.807) is 16.4 Å². The number of rotatable bonds is 15. The van der Waals surface area contributed by atoms with Gasteiger partial charge in [-0.05, 0) is 60.2 Å². The van der Waals surface area contributed by atoms with E-state index in [0.717, 1.165) is 77.6 Å². The fraction of sp³-hybridized carbons (Fsp3) is 0.316. The fourth-order valence-corrected chi connectivity index (χ4v) is 7.53. The molecule has 1 N–H and O–H groups in total. The number of sulfonamides is 1. The first-order chi connectivity index (χ1) is 22.7. The molecule has 0 spiro atoms. The summed E-state index contributed by atoms with van der Waals surface area (Å²) in [7, 11) is -3.66. The van der Waals surface area contributed by atoms with Gasteiger partial charge < -0.3 is 14.4 Å². The van der Waals surface area contributed by atoms with Crippen molar-refractivity contribution in [2.24, 2.45) is 0 Å². The zero-order valence-corrected chi connectivity index (χ0v) is 28.2. The van der Waals surface area contributed by atoms with Crippen molar-refractivity contribution in [1.82, 2.24) is 9.55 Å². The van der Waals surface area contributed by atoms with Gasteiger partial charge >= 0.3 is 6.16 Å². The minimum absolute atomic E-state index is 0.0644. The lowest BCUT2D eigenvalue weighted by Gasteiger charge is -2.25. The lowest BCUT2D eigenvalue weighted by atomic mass is 10.0. The van der Waals surface area contributed by atoms with E-state index in [1.165, 1.54) is 0 Å². The van der Waals surface area contributed by atoms with Crippen LogP contribution in [0.4, 0.5) is 10.5 Å². The standard InChI is InChI=1S/C38H43N3O5S/c1-4-6-13-23-41(47(44,45)27-30-14-9-8-10-15-30)32-24-28(3)37-34(25-32)40(36(39-37)18-7-5-2)26-29-19-21-31(22-20-29)33-16-11-12-17-35(33)46-38(42)43/h8-12,14-17,19-22,24-25H,4-7,13,18,23,26-27H2,1-3H3,(H,42,43). The number of benzene rings is 4. The van der Waals surface area contributed by atoms with E-state index in [4.69, 9.17) is 9.72 Å². The highest BCUT2D eigenvalue weighted by Crippen LogP contribution is 2.33. The number of carboxylic acid groups (broad SMARTS) is 1. The summed E-state index contributed by atoms with van der Waals surface area (Å²) in [6.45, 7) is 7.25. The zero-order chi connectivity index (χ0) is 33.4. The molecule has 0 saturated carbocycles. The molecule has 1 heterocycles. The van der Waals surface area contributed by atoms with Crippen LogP contribution in [0.25, 0.3) is 22.2 Å². The van der Waals surface area contributed by atoms with Gasteiger partial charge in [-0.15, -0.1) is 0 Å². The largest absolute Gasteiger partial charge is 0.511 e. The van der Waals surface area contributed by atoms with Crippen LogP contribution in [-0.2, 0) is 28.7 Å². The van der Waals surface area contributed by atoms with Crippen LogP contribution in [-0.4, -0.2) is 35.8 Å². The number of carbonyl (C=O) groups is 1. The third-order valence-corrected chi connectivity index (χ3v) is 10.1. The van der Waals surface area contributed by atoms with Crippen molar-refractivity contribution >= 4 is 32.9 Å². The Morgan fingerprint density at radius 2 is 1.57 bits per heavy atom. The van der Waals surface area contributed by atoms with Crippen LogP contribution in [0.5, 0.6) is 5.75 Å². The molecule has 4 aromatic carbocycles. The van der Waals surface area contributed by atoms with Crippen LogP contribution in [0, 0.1) is 6.92 Å². The normalized spacial score (nSPS) is 11.6. The first-order valence-electron chi connectivity index (χ1n) is 16.3. The molecule has 0 aliphatic carbocycles. The minimum atomic E-state index is -3.66. The molecule has 9 heteroatoms. The topological polar surface area (TPSA) is 102 Å². The average molecular weight is 654 g/mol. The molecule has 0 atom stereocenters. The summed E-state index contributed by atoms with van der Waals surface area (Å²) in [5, 5.41) is 9.17. The van der Waals surface area contributed by atoms with E-state index in [-0.39, 0.29) is 11.5 Å². The third kappa shape index (κ3) is 8.21. The molecule has 0 saturated heterocycles. The molecular formula is C38H43N3O5S. The van der Waals surface area contributed by atoms with Crippen LogP contribution in [0.15, 0.2) is 91.0 Å². The lowest BCUT2D eigenvalue weighted by molar-refractivity contribution is 0.144. The van der Waals surface area contributed by atoms with Gasteiger partial charge in [0, 0.05) is 25.1 Å². The molecule has 0 radical (unpaired) electrons. The second kappa shape index (κ2) is 15.3. The maximum atomic E-state index is 14.0. The third-order valence-electron chi connectivity index (χ3n) is 8.33. The molecule has 0 bridgehead atoms. The molecule has 0 aliphatic heterocycles. The number of ether oxygens (including phenoxy) is 1. The zero-order valence-electron chi connectivity index (χ0n) is 27.4. The highest BCUT2D eigenvalue weighted by Gasteiger charge is 2.25. The highest BCUT2D eigenvalue weighted by atomic mass is 32.2. The molecular weight excluding hydrogens is 611 g/mol. The van der Waals surface area contributed by atoms with Gasteiger partial charge in [0.1, 0.15) is 11.6 Å². The van der Waals surface area contributed by atoms with Crippen molar-refractivity contribution in [3.05, 3.63) is 114 Å². The van der Waals surface area contributed by atoms with E-state index >= 15 is 0 Å². The van der Waals surface area contributed by atoms with Crippen LogP contribution >= 0.6 is 0 Å². The molecule has 0 unspecified atom stereocenters. The Kier molecular flexibility index (Phi) is 11.0. The van der Waals surface area contributed by atoms with Crippen LogP contribution < -0.4 is 9.04 Å². The lowest BCUT2D eigenvalue weighted by Crippen LogP contribution is -2.33. The summed E-state index contributed by atoms with van der Waals surface area (Å²) in [6, 6.07) is 28.3. The summed E-state index contributed by atoms with van der Waals surface area (Å²) in [5.74, 6) is 1.19. The van der Waals surface area contributed by atoms with Gasteiger partial charge in [0.2, 0.25) is 10.0 Å². The van der Waals surface area contributed by atoms with Crippen LogP contribution in [0.1, 0.15) is 68.5 Å². The van der Waals surface area contributed by atoms with E-state index in [0.29, 0.717) is 24.3 Å². The fourth-order valence-electron chi connectivity index (χ4n) is 5.93. The number of nitrogens with zero attached hydrogens (tertiary/aromatic N) is 3. The molecule has 1 aromatic heterocycles. The molecule has 5 aromatic rings. The summed E-state index contributed by atoms with van der Waals surface area (Å²) in [5.41, 5.74) is 6.73. The van der Waals surface area contributed by atoms with Gasteiger partial charge in [0.05, 0.1) is 22.5 Å². The van der Waals surface area contributed by atoms with Gasteiger partial charge in [0.15, 0.2) is 0 Å². The van der Waals surface area contributed by atoms with Gasteiger partial charge in [-0.2, -0.15) is 0 Å². The molecule has 0 aliphatic rings. The minimum Gasteiger partial charge on any atom is -0.449 e. The Balaban J connectivity index is 1.54. The number of aryl methyl sites for hydroxylation is 2. The van der Waals surface area contributed by atoms with Gasteiger partial charge in [-0.1, -0.05) is 106 Å². The molecule has 47 heavy (non-hydrogen) atoms. The maximum absolute atomic E-state index is 14.0. The summed E-state index contributed by atoms with van der Waals surface area (Å²) < 4.78 is 36.7. The first-order valence-corrected chi connectivity index (χ1v) is 17.9. The van der Waals surface area contributed by atoms with Crippen molar-refractivity contribution < 1.29 is 23.1 Å². The molecule has 5 rings (SSSR count). The Morgan fingerprint density at radius 3 is 2.28 bits per heavy atom. The van der Waals surface area contributed by atoms with Gasteiger partial charge in [-0.25, -0.2) is 18.2 Å². The monoisotopic (exact) mass is 653 g/mol. The SMILES string of the molecule is CCCCCN(c1cc(C)c2nc(CCCC)n(Cc3ccc(-c4ccccc4OC(=O)O)cc3)c2c1)S(=O)(=O)Cc1ccccc1. The highest BCUT2D eigenvalue weighted by molar-refractivity contribution is 7.92. The number of anilines is 1. The van der Waals surface area contributed by atoms with Crippen molar-refractivity contribution in [3.8, 4) is 16.9 Å².